The molecule has 0 spiro atoms. The summed E-state index contributed by atoms with van der Waals surface area (Å²) in [6.45, 7) is 0. The molecule has 0 heterocycles. The van der Waals surface area contributed by atoms with E-state index in [1.165, 1.54) is 0 Å². The second-order valence-electron chi connectivity index (χ2n) is 2.68. The molecule has 82 valence electrons. The molecule has 0 saturated carbocycles. The number of thiocyanates is 1. The second kappa shape index (κ2) is 4.63. The molecule has 1 rings (SSSR count). The molecule has 1 aromatic carbocycles. The number of thioether (sulfide) groups is 1. The summed E-state index contributed by atoms with van der Waals surface area (Å²) in [6, 6.07) is 1.70. The van der Waals surface area contributed by atoms with Crippen molar-refractivity contribution >= 4 is 29.2 Å². The number of hydrogen-bond donors (Lipinski definition) is 1. The van der Waals surface area contributed by atoms with Gasteiger partial charge in [0.1, 0.15) is 17.2 Å². The van der Waals surface area contributed by atoms with E-state index in [2.05, 4.69) is 0 Å². The predicted octanol–water partition coefficient (Wildman–Crippen LogP) is -0.0863. The first-order valence-electron chi connectivity index (χ1n) is 3.88. The Hall–Kier alpha value is -2.07. The topological polar surface area (TPSA) is 107 Å². The van der Waals surface area contributed by atoms with Crippen molar-refractivity contribution < 1.29 is 19.1 Å². The summed E-state index contributed by atoms with van der Waals surface area (Å²) in [5.41, 5.74) is 4.47. The van der Waals surface area contributed by atoms with Gasteiger partial charge in [0, 0.05) is 10.5 Å². The van der Waals surface area contributed by atoms with Crippen molar-refractivity contribution in [1.29, 1.82) is 5.26 Å². The Labute approximate surface area is 93.7 Å². The predicted molar refractivity (Wildman–Crippen MR) is 51.6 cm³/mol. The molecule has 0 radical (unpaired) electrons. The van der Waals surface area contributed by atoms with Crippen LogP contribution >= 0.6 is 11.8 Å². The van der Waals surface area contributed by atoms with Crippen LogP contribution in [0.3, 0.4) is 0 Å². The van der Waals surface area contributed by atoms with Crippen molar-refractivity contribution in [1.82, 2.24) is 0 Å². The third kappa shape index (κ3) is 2.29. The van der Waals surface area contributed by atoms with Gasteiger partial charge in [-0.1, -0.05) is 0 Å². The summed E-state index contributed by atoms with van der Waals surface area (Å²) in [5.74, 6) is -4.11. The largest absolute Gasteiger partial charge is 0.541 e. The fourth-order valence-corrected chi connectivity index (χ4v) is 1.52. The first-order chi connectivity index (χ1) is 7.47. The van der Waals surface area contributed by atoms with Crippen molar-refractivity contribution in [2.75, 3.05) is 5.73 Å². The van der Waals surface area contributed by atoms with Gasteiger partial charge < -0.3 is 15.6 Å². The molecule has 7 heteroatoms. The molecule has 0 unspecified atom stereocenters. The van der Waals surface area contributed by atoms with Gasteiger partial charge in [0.2, 0.25) is 5.78 Å². The third-order valence-electron chi connectivity index (χ3n) is 1.68. The summed E-state index contributed by atoms with van der Waals surface area (Å²) >= 11 is 0.469. The molecule has 16 heavy (non-hydrogen) atoms. The summed E-state index contributed by atoms with van der Waals surface area (Å²) in [7, 11) is 0. The highest BCUT2D eigenvalue weighted by Gasteiger charge is 2.16. The maximum atomic E-state index is 13.0. The van der Waals surface area contributed by atoms with Gasteiger partial charge in [-0.3, -0.25) is 4.79 Å². The summed E-state index contributed by atoms with van der Waals surface area (Å²) < 4.78 is 13.0. The molecule has 0 atom stereocenters. The molecule has 0 aliphatic rings. The molecule has 1 aromatic rings. The molecule has 0 bridgehead atoms. The number of anilines is 1. The Bertz CT molecular complexity index is 510. The number of aliphatic carboxylic acids is 1. The number of hydrogen-bond acceptors (Lipinski definition) is 6. The van der Waals surface area contributed by atoms with Crippen LogP contribution in [0, 0.1) is 16.5 Å². The summed E-state index contributed by atoms with van der Waals surface area (Å²) in [5, 5.41) is 20.4. The molecular formula is C9H4FN2O3S-. The van der Waals surface area contributed by atoms with E-state index in [0.29, 0.717) is 11.8 Å². The zero-order valence-electron chi connectivity index (χ0n) is 7.69. The number of Topliss-reactive ketones (excluding diaryl/α,β-unsaturated/α-hetero) is 1. The minimum Gasteiger partial charge on any atom is -0.541 e. The maximum Gasteiger partial charge on any atom is 0.209 e. The number of nitrogen functional groups attached to an aromatic ring is 1. The molecule has 0 aliphatic carbocycles. The third-order valence-corrected chi connectivity index (χ3v) is 2.33. The Balaban J connectivity index is 3.36. The zero-order valence-corrected chi connectivity index (χ0v) is 8.51. The van der Waals surface area contributed by atoms with Gasteiger partial charge in [-0.25, -0.2) is 4.39 Å². The summed E-state index contributed by atoms with van der Waals surface area (Å²) in [4.78, 5) is 21.4. The molecule has 2 N–H and O–H groups in total. The number of nitrogens with two attached hydrogens (primary N) is 1. The minimum absolute atomic E-state index is 0.108. The van der Waals surface area contributed by atoms with Gasteiger partial charge in [0.25, 0.3) is 0 Å². The van der Waals surface area contributed by atoms with Crippen LogP contribution in [-0.4, -0.2) is 11.8 Å². The molecule has 0 fully saturated rings. The first kappa shape index (κ1) is 12.0. The van der Waals surface area contributed by atoms with Crippen molar-refractivity contribution in [3.05, 3.63) is 23.5 Å². The Morgan fingerprint density at radius 3 is 2.62 bits per heavy atom. The number of carbonyl (C=O) groups is 2. The van der Waals surface area contributed by atoms with Crippen molar-refractivity contribution in [2.24, 2.45) is 0 Å². The van der Waals surface area contributed by atoms with E-state index in [4.69, 9.17) is 11.0 Å². The second-order valence-corrected chi connectivity index (χ2v) is 3.51. The van der Waals surface area contributed by atoms with Gasteiger partial charge >= 0.3 is 0 Å². The van der Waals surface area contributed by atoms with Gasteiger partial charge in [0.15, 0.2) is 0 Å². The smallest absolute Gasteiger partial charge is 0.209 e. The van der Waals surface area contributed by atoms with Crippen LogP contribution in [0.25, 0.3) is 0 Å². The number of carboxylic acids is 1. The number of benzene rings is 1. The zero-order chi connectivity index (χ0) is 12.3. The average molecular weight is 239 g/mol. The Kier molecular flexibility index (Phi) is 3.48. The fraction of sp³-hybridized carbons (Fsp3) is 0. The Morgan fingerprint density at radius 2 is 2.12 bits per heavy atom. The molecule has 0 saturated heterocycles. The van der Waals surface area contributed by atoms with Crippen LogP contribution in [0.5, 0.6) is 0 Å². The lowest BCUT2D eigenvalue weighted by atomic mass is 10.1. The van der Waals surface area contributed by atoms with E-state index in [0.717, 1.165) is 12.1 Å². The van der Waals surface area contributed by atoms with E-state index >= 15 is 0 Å². The van der Waals surface area contributed by atoms with Gasteiger partial charge in [0.05, 0.1) is 5.69 Å². The minimum atomic E-state index is -1.94. The van der Waals surface area contributed by atoms with E-state index in [1.807, 2.05) is 0 Å². The highest BCUT2D eigenvalue weighted by atomic mass is 32.2. The lowest BCUT2D eigenvalue weighted by Gasteiger charge is -2.07. The highest BCUT2D eigenvalue weighted by molar-refractivity contribution is 8.03. The number of nitriles is 1. The van der Waals surface area contributed by atoms with Crippen molar-refractivity contribution in [3.63, 3.8) is 0 Å². The van der Waals surface area contributed by atoms with Crippen LogP contribution in [0.4, 0.5) is 10.1 Å². The lowest BCUT2D eigenvalue weighted by molar-refractivity contribution is -0.296. The SMILES string of the molecule is N#CSc1cc(F)c(N)cc1C(=O)C(=O)[O-]. The van der Waals surface area contributed by atoms with Gasteiger partial charge in [-0.2, -0.15) is 5.26 Å². The van der Waals surface area contributed by atoms with Crippen LogP contribution < -0.4 is 10.8 Å². The highest BCUT2D eigenvalue weighted by Crippen LogP contribution is 2.26. The van der Waals surface area contributed by atoms with E-state index in [-0.39, 0.29) is 16.1 Å². The molecule has 0 aliphatic heterocycles. The Morgan fingerprint density at radius 1 is 1.50 bits per heavy atom. The van der Waals surface area contributed by atoms with Crippen LogP contribution in [0.2, 0.25) is 0 Å². The molecular weight excluding hydrogens is 235 g/mol. The normalized spacial score (nSPS) is 9.50. The quantitative estimate of drug-likeness (QED) is 0.260. The molecule has 0 aromatic heterocycles. The van der Waals surface area contributed by atoms with Crippen LogP contribution in [-0.2, 0) is 4.79 Å². The number of carboxylic acid groups (broad SMARTS) is 1. The number of nitrogens with zero attached hydrogens (tertiary/aromatic N) is 1. The van der Waals surface area contributed by atoms with E-state index in [1.54, 1.807) is 5.40 Å². The molecule has 5 nitrogen and oxygen atoms in total. The van der Waals surface area contributed by atoms with Gasteiger partial charge in [-0.05, 0) is 23.9 Å². The fourth-order valence-electron chi connectivity index (χ4n) is 0.993. The number of halogens is 1. The monoisotopic (exact) mass is 239 g/mol. The molecule has 0 amide bonds. The van der Waals surface area contributed by atoms with E-state index in [9.17, 15) is 19.1 Å². The number of rotatable bonds is 3. The van der Waals surface area contributed by atoms with Crippen molar-refractivity contribution in [3.8, 4) is 5.40 Å². The average Bonchev–Trinajstić information content (AvgIpc) is 2.22. The van der Waals surface area contributed by atoms with Crippen molar-refractivity contribution in [2.45, 2.75) is 4.90 Å². The number of ketones is 1. The standard InChI is InChI=1S/C9H5FN2O3S/c10-5-2-7(16-3-11)4(1-6(5)12)8(13)9(14)15/h1-2H,12H2,(H,14,15)/p-1. The first-order valence-corrected chi connectivity index (χ1v) is 4.69. The number of carbonyl (C=O) groups excluding carboxylic acids is 2. The van der Waals surface area contributed by atoms with Crippen LogP contribution in [0.1, 0.15) is 10.4 Å². The lowest BCUT2D eigenvalue weighted by Crippen LogP contribution is -2.32. The van der Waals surface area contributed by atoms with Crippen LogP contribution in [0.15, 0.2) is 17.0 Å². The van der Waals surface area contributed by atoms with E-state index < -0.39 is 17.6 Å². The van der Waals surface area contributed by atoms with Gasteiger partial charge in [-0.15, -0.1) is 0 Å². The maximum absolute atomic E-state index is 13.0. The summed E-state index contributed by atoms with van der Waals surface area (Å²) in [6.07, 6.45) is 0.